The zero-order valence-electron chi connectivity index (χ0n) is 12.0. The first kappa shape index (κ1) is 14.3. The van der Waals surface area contributed by atoms with Gasteiger partial charge in [0.05, 0.1) is 17.3 Å². The van der Waals surface area contributed by atoms with Crippen LogP contribution >= 0.6 is 11.3 Å². The van der Waals surface area contributed by atoms with Crippen molar-refractivity contribution in [3.05, 3.63) is 18.2 Å². The molecule has 0 saturated heterocycles. The summed E-state index contributed by atoms with van der Waals surface area (Å²) in [4.78, 5) is 16.5. The van der Waals surface area contributed by atoms with Crippen molar-refractivity contribution in [1.29, 1.82) is 0 Å². The predicted molar refractivity (Wildman–Crippen MR) is 84.7 cm³/mol. The van der Waals surface area contributed by atoms with Gasteiger partial charge >= 0.3 is 0 Å². The predicted octanol–water partition coefficient (Wildman–Crippen LogP) is 2.76. The number of carbonyl (C=O) groups is 1. The molecule has 0 aliphatic heterocycles. The van der Waals surface area contributed by atoms with Crippen LogP contribution in [-0.2, 0) is 4.79 Å². The van der Waals surface area contributed by atoms with Gasteiger partial charge in [-0.2, -0.15) is 0 Å². The first-order valence-electron chi connectivity index (χ1n) is 7.15. The summed E-state index contributed by atoms with van der Waals surface area (Å²) < 4.78 is 6.19. The van der Waals surface area contributed by atoms with Gasteiger partial charge in [-0.3, -0.25) is 4.79 Å². The number of amides is 1. The van der Waals surface area contributed by atoms with Gasteiger partial charge in [0.1, 0.15) is 5.75 Å². The Balaban J connectivity index is 1.68. The van der Waals surface area contributed by atoms with Crippen LogP contribution < -0.4 is 15.8 Å². The summed E-state index contributed by atoms with van der Waals surface area (Å²) in [5.74, 6) is 1.10. The van der Waals surface area contributed by atoms with Crippen LogP contribution in [0.1, 0.15) is 25.7 Å². The number of anilines is 1. The molecule has 0 radical (unpaired) electrons. The molecule has 6 heteroatoms. The first-order valence-corrected chi connectivity index (χ1v) is 7.97. The molecule has 1 fully saturated rings. The second-order valence-corrected chi connectivity index (χ2v) is 6.49. The minimum atomic E-state index is 0.00312. The third-order valence-corrected chi connectivity index (χ3v) is 4.94. The molecule has 1 amide bonds. The fraction of sp³-hybridized carbons (Fsp3) is 0.467. The van der Waals surface area contributed by atoms with E-state index in [1.807, 2.05) is 18.2 Å². The van der Waals surface area contributed by atoms with Gasteiger partial charge in [0.25, 0.3) is 0 Å². The zero-order chi connectivity index (χ0) is 14.8. The van der Waals surface area contributed by atoms with Crippen molar-refractivity contribution in [2.24, 2.45) is 11.7 Å². The number of hydrogen-bond acceptors (Lipinski definition) is 5. The molecule has 112 valence electrons. The fourth-order valence-corrected chi connectivity index (χ4v) is 3.72. The molecule has 0 unspecified atom stereocenters. The van der Waals surface area contributed by atoms with Crippen molar-refractivity contribution in [2.75, 3.05) is 12.4 Å². The van der Waals surface area contributed by atoms with E-state index in [9.17, 15) is 4.79 Å². The fourth-order valence-electron chi connectivity index (χ4n) is 2.81. The lowest BCUT2D eigenvalue weighted by molar-refractivity contribution is -0.117. The number of aromatic nitrogens is 1. The smallest absolute Gasteiger partial charge is 0.226 e. The SMILES string of the molecule is COc1ccc2nc(NC(=O)C[C@@H]3CCC[C@H]3N)sc2c1. The third kappa shape index (κ3) is 3.16. The van der Waals surface area contributed by atoms with E-state index < -0.39 is 0 Å². The van der Waals surface area contributed by atoms with Crippen LogP contribution in [0, 0.1) is 5.92 Å². The summed E-state index contributed by atoms with van der Waals surface area (Å²) in [6.45, 7) is 0. The molecule has 1 saturated carbocycles. The van der Waals surface area contributed by atoms with Gasteiger partial charge in [-0.05, 0) is 37.0 Å². The summed E-state index contributed by atoms with van der Waals surface area (Å²) in [7, 11) is 1.63. The van der Waals surface area contributed by atoms with Crippen LogP contribution in [0.3, 0.4) is 0 Å². The molecule has 3 N–H and O–H groups in total. The van der Waals surface area contributed by atoms with Crippen molar-refractivity contribution >= 4 is 32.6 Å². The van der Waals surface area contributed by atoms with E-state index in [0.717, 1.165) is 35.2 Å². The highest BCUT2D eigenvalue weighted by molar-refractivity contribution is 7.22. The van der Waals surface area contributed by atoms with Crippen molar-refractivity contribution in [2.45, 2.75) is 31.7 Å². The Hall–Kier alpha value is -1.66. The summed E-state index contributed by atoms with van der Waals surface area (Å²) in [5.41, 5.74) is 6.88. The van der Waals surface area contributed by atoms with Crippen LogP contribution in [0.4, 0.5) is 5.13 Å². The van der Waals surface area contributed by atoms with Crippen LogP contribution in [0.25, 0.3) is 10.2 Å². The number of hydrogen-bond donors (Lipinski definition) is 2. The quantitative estimate of drug-likeness (QED) is 0.910. The number of benzene rings is 1. The summed E-state index contributed by atoms with van der Waals surface area (Å²) in [6, 6.07) is 5.85. The van der Waals surface area contributed by atoms with E-state index >= 15 is 0 Å². The second kappa shape index (κ2) is 5.99. The molecular formula is C15H19N3O2S. The lowest BCUT2D eigenvalue weighted by Gasteiger charge is -2.13. The zero-order valence-corrected chi connectivity index (χ0v) is 12.8. The Morgan fingerprint density at radius 1 is 1.52 bits per heavy atom. The monoisotopic (exact) mass is 305 g/mol. The lowest BCUT2D eigenvalue weighted by Crippen LogP contribution is -2.28. The molecule has 0 bridgehead atoms. The van der Waals surface area contributed by atoms with Crippen molar-refractivity contribution in [3.8, 4) is 5.75 Å². The number of nitrogens with one attached hydrogen (secondary N) is 1. The molecule has 2 aromatic rings. The third-order valence-electron chi connectivity index (χ3n) is 4.01. The largest absolute Gasteiger partial charge is 0.497 e. The molecule has 1 aromatic heterocycles. The number of nitrogens with zero attached hydrogens (tertiary/aromatic N) is 1. The number of rotatable bonds is 4. The van der Waals surface area contributed by atoms with Gasteiger partial charge in [0.2, 0.25) is 5.91 Å². The maximum absolute atomic E-state index is 12.1. The molecule has 1 aromatic carbocycles. The summed E-state index contributed by atoms with van der Waals surface area (Å²) in [5, 5.41) is 3.52. The van der Waals surface area contributed by atoms with Gasteiger partial charge in [-0.25, -0.2) is 4.98 Å². The van der Waals surface area contributed by atoms with E-state index in [1.165, 1.54) is 11.3 Å². The average molecular weight is 305 g/mol. The first-order chi connectivity index (χ1) is 10.2. The van der Waals surface area contributed by atoms with Gasteiger partial charge in [-0.15, -0.1) is 0 Å². The number of fused-ring (bicyclic) bond motifs is 1. The summed E-state index contributed by atoms with van der Waals surface area (Å²) in [6.07, 6.45) is 3.69. The number of methoxy groups -OCH3 is 1. The molecule has 0 spiro atoms. The van der Waals surface area contributed by atoms with Gasteiger partial charge in [0, 0.05) is 12.5 Å². The number of nitrogens with two attached hydrogens (primary N) is 1. The lowest BCUT2D eigenvalue weighted by atomic mass is 10.00. The van der Waals surface area contributed by atoms with Crippen LogP contribution in [-0.4, -0.2) is 24.0 Å². The Morgan fingerprint density at radius 3 is 3.10 bits per heavy atom. The number of thiazole rings is 1. The van der Waals surface area contributed by atoms with Crippen LogP contribution in [0.15, 0.2) is 18.2 Å². The average Bonchev–Trinajstić information content (AvgIpc) is 3.04. The Bertz CT molecular complexity index is 655. The minimum absolute atomic E-state index is 0.00312. The number of carbonyl (C=O) groups excluding carboxylic acids is 1. The molecule has 5 nitrogen and oxygen atoms in total. The molecule has 21 heavy (non-hydrogen) atoms. The Morgan fingerprint density at radius 2 is 2.38 bits per heavy atom. The van der Waals surface area contributed by atoms with Gasteiger partial charge in [0.15, 0.2) is 5.13 Å². The molecule has 1 aliphatic carbocycles. The maximum Gasteiger partial charge on any atom is 0.226 e. The van der Waals surface area contributed by atoms with E-state index in [4.69, 9.17) is 10.5 Å². The van der Waals surface area contributed by atoms with Crippen molar-refractivity contribution in [3.63, 3.8) is 0 Å². The second-order valence-electron chi connectivity index (χ2n) is 5.46. The Labute approximate surface area is 127 Å². The van der Waals surface area contributed by atoms with Crippen molar-refractivity contribution in [1.82, 2.24) is 4.98 Å². The van der Waals surface area contributed by atoms with E-state index in [1.54, 1.807) is 7.11 Å². The highest BCUT2D eigenvalue weighted by atomic mass is 32.1. The standard InChI is InChI=1S/C15H19N3O2S/c1-20-10-5-6-12-13(8-10)21-15(17-12)18-14(19)7-9-3-2-4-11(9)16/h5-6,8-9,11H,2-4,7,16H2,1H3,(H,17,18,19)/t9-,11+/m0/s1. The molecule has 3 rings (SSSR count). The van der Waals surface area contributed by atoms with Crippen LogP contribution in [0.5, 0.6) is 5.75 Å². The maximum atomic E-state index is 12.1. The highest BCUT2D eigenvalue weighted by Crippen LogP contribution is 2.30. The minimum Gasteiger partial charge on any atom is -0.497 e. The van der Waals surface area contributed by atoms with Gasteiger partial charge < -0.3 is 15.8 Å². The molecule has 2 atom stereocenters. The van der Waals surface area contributed by atoms with Crippen LogP contribution in [0.2, 0.25) is 0 Å². The topological polar surface area (TPSA) is 77.2 Å². The molecule has 1 heterocycles. The van der Waals surface area contributed by atoms with E-state index in [-0.39, 0.29) is 11.9 Å². The molecular weight excluding hydrogens is 286 g/mol. The van der Waals surface area contributed by atoms with E-state index in [0.29, 0.717) is 17.5 Å². The van der Waals surface area contributed by atoms with E-state index in [2.05, 4.69) is 10.3 Å². The number of ether oxygens (including phenoxy) is 1. The molecule has 1 aliphatic rings. The normalized spacial score (nSPS) is 21.6. The summed E-state index contributed by atoms with van der Waals surface area (Å²) >= 11 is 1.46. The Kier molecular flexibility index (Phi) is 4.07. The van der Waals surface area contributed by atoms with Gasteiger partial charge in [-0.1, -0.05) is 17.8 Å². The van der Waals surface area contributed by atoms with Crippen molar-refractivity contribution < 1.29 is 9.53 Å². The highest BCUT2D eigenvalue weighted by Gasteiger charge is 2.26.